The quantitative estimate of drug-likeness (QED) is 0.194. The number of methoxy groups -OCH3 is 1. The molecule has 3 aromatic carbocycles. The number of nitrogens with zero attached hydrogens (tertiary/aromatic N) is 2. The van der Waals surface area contributed by atoms with Crippen LogP contribution in [0.1, 0.15) is 55.0 Å². The fraction of sp³-hybridized carbons (Fsp3) is 0.333. The molecule has 0 spiro atoms. The predicted molar refractivity (Wildman–Crippen MR) is 158 cm³/mol. The van der Waals surface area contributed by atoms with Gasteiger partial charge < -0.3 is 24.4 Å². The second kappa shape index (κ2) is 12.3. The van der Waals surface area contributed by atoms with Gasteiger partial charge in [0.1, 0.15) is 17.3 Å². The number of aliphatic hydroxyl groups excluding tert-OH is 1. The Morgan fingerprint density at radius 1 is 1.00 bits per heavy atom. The number of carbonyl (C=O) groups is 2. The Labute approximate surface area is 236 Å². The molecule has 210 valence electrons. The third-order valence-electron chi connectivity index (χ3n) is 7.27. The van der Waals surface area contributed by atoms with Crippen LogP contribution in [-0.2, 0) is 16.0 Å². The van der Waals surface area contributed by atoms with Crippen molar-refractivity contribution in [2.75, 3.05) is 39.3 Å². The molecule has 1 atom stereocenters. The summed E-state index contributed by atoms with van der Waals surface area (Å²) in [7, 11) is 5.52. The molecular formula is C33H38N2O5. The highest BCUT2D eigenvalue weighted by atomic mass is 16.5. The fourth-order valence-corrected chi connectivity index (χ4v) is 5.04. The molecule has 0 saturated carbocycles. The van der Waals surface area contributed by atoms with Gasteiger partial charge in [-0.2, -0.15) is 0 Å². The zero-order chi connectivity index (χ0) is 29.0. The van der Waals surface area contributed by atoms with Crippen LogP contribution in [0.4, 0.5) is 5.69 Å². The molecule has 1 unspecified atom stereocenters. The Hall–Kier alpha value is -4.26. The third-order valence-corrected chi connectivity index (χ3v) is 7.27. The van der Waals surface area contributed by atoms with Crippen molar-refractivity contribution in [1.82, 2.24) is 4.90 Å². The Balaban J connectivity index is 1.79. The highest BCUT2D eigenvalue weighted by Crippen LogP contribution is 2.41. The molecule has 7 heteroatoms. The van der Waals surface area contributed by atoms with E-state index in [2.05, 4.69) is 0 Å². The minimum atomic E-state index is -0.719. The van der Waals surface area contributed by atoms with Crippen molar-refractivity contribution < 1.29 is 24.2 Å². The molecule has 0 radical (unpaired) electrons. The van der Waals surface area contributed by atoms with Crippen LogP contribution in [0.5, 0.6) is 11.5 Å². The predicted octanol–water partition coefficient (Wildman–Crippen LogP) is 5.95. The molecule has 1 aliphatic heterocycles. The van der Waals surface area contributed by atoms with Crippen LogP contribution < -0.4 is 14.4 Å². The van der Waals surface area contributed by atoms with Gasteiger partial charge in [-0.05, 0) is 78.4 Å². The Kier molecular flexibility index (Phi) is 8.83. The molecule has 1 heterocycles. The molecule has 1 N–H and O–H groups in total. The number of hydrogen-bond donors (Lipinski definition) is 1. The van der Waals surface area contributed by atoms with Crippen molar-refractivity contribution >= 4 is 23.1 Å². The summed E-state index contributed by atoms with van der Waals surface area (Å²) >= 11 is 0. The number of anilines is 1. The topological polar surface area (TPSA) is 79.3 Å². The summed E-state index contributed by atoms with van der Waals surface area (Å²) in [5, 5.41) is 11.6. The number of Topliss-reactive ketones (excluding diaryl/α,β-unsaturated/α-hetero) is 1. The van der Waals surface area contributed by atoms with Crippen LogP contribution in [0.25, 0.3) is 5.76 Å². The molecule has 1 aliphatic rings. The maximum Gasteiger partial charge on any atom is 0.295 e. The molecular weight excluding hydrogens is 504 g/mol. The van der Waals surface area contributed by atoms with Crippen LogP contribution in [0.2, 0.25) is 0 Å². The average Bonchev–Trinajstić information content (AvgIpc) is 3.21. The highest BCUT2D eigenvalue weighted by Gasteiger charge is 2.45. The van der Waals surface area contributed by atoms with Gasteiger partial charge in [-0.3, -0.25) is 9.59 Å². The lowest BCUT2D eigenvalue weighted by atomic mass is 9.93. The van der Waals surface area contributed by atoms with E-state index in [-0.39, 0.29) is 17.3 Å². The number of rotatable bonds is 10. The maximum atomic E-state index is 13.5. The van der Waals surface area contributed by atoms with Gasteiger partial charge in [0.25, 0.3) is 11.7 Å². The summed E-state index contributed by atoms with van der Waals surface area (Å²) in [4.78, 5) is 30.5. The largest absolute Gasteiger partial charge is 0.507 e. The lowest BCUT2D eigenvalue weighted by Crippen LogP contribution is -2.31. The summed E-state index contributed by atoms with van der Waals surface area (Å²) in [5.41, 5.74) is 4.26. The van der Waals surface area contributed by atoms with Crippen LogP contribution in [0, 0.1) is 0 Å². The molecule has 4 rings (SSSR count). The summed E-state index contributed by atoms with van der Waals surface area (Å²) in [6.45, 7) is 6.85. The fourth-order valence-electron chi connectivity index (χ4n) is 5.04. The monoisotopic (exact) mass is 542 g/mol. The Morgan fingerprint density at radius 2 is 1.68 bits per heavy atom. The third kappa shape index (κ3) is 5.83. The summed E-state index contributed by atoms with van der Waals surface area (Å²) < 4.78 is 11.0. The molecule has 1 fully saturated rings. The van der Waals surface area contributed by atoms with E-state index in [0.29, 0.717) is 25.1 Å². The minimum Gasteiger partial charge on any atom is -0.507 e. The van der Waals surface area contributed by atoms with Crippen molar-refractivity contribution in [2.24, 2.45) is 0 Å². The van der Waals surface area contributed by atoms with Crippen molar-refractivity contribution in [1.29, 1.82) is 0 Å². The summed E-state index contributed by atoms with van der Waals surface area (Å²) in [5.74, 6) is 0.138. The Bertz CT molecular complexity index is 1390. The number of likely N-dealkylation sites (tertiary alicyclic amines) is 1. The van der Waals surface area contributed by atoms with Crippen LogP contribution in [-0.4, -0.2) is 56.1 Å². The zero-order valence-electron chi connectivity index (χ0n) is 24.1. The van der Waals surface area contributed by atoms with E-state index in [1.165, 1.54) is 0 Å². The Morgan fingerprint density at radius 3 is 2.25 bits per heavy atom. The molecule has 0 aromatic heterocycles. The highest BCUT2D eigenvalue weighted by molar-refractivity contribution is 6.46. The second-order valence-electron chi connectivity index (χ2n) is 10.4. The molecule has 40 heavy (non-hydrogen) atoms. The van der Waals surface area contributed by atoms with Crippen LogP contribution >= 0.6 is 0 Å². The summed E-state index contributed by atoms with van der Waals surface area (Å²) in [6, 6.07) is 20.1. The average molecular weight is 543 g/mol. The SMILES string of the molecule is CCOc1ccc(/C(O)=C2/C(=O)C(=O)N(CCc3ccc(OC)cc3)C2c2ccc(N(C)C)cc2)cc1C(C)C. The van der Waals surface area contributed by atoms with Gasteiger partial charge in [0.05, 0.1) is 25.3 Å². The first-order valence-electron chi connectivity index (χ1n) is 13.6. The van der Waals surface area contributed by atoms with E-state index in [0.717, 1.165) is 33.9 Å². The number of ether oxygens (including phenoxy) is 2. The molecule has 7 nitrogen and oxygen atoms in total. The van der Waals surface area contributed by atoms with Crippen LogP contribution in [0.3, 0.4) is 0 Å². The maximum absolute atomic E-state index is 13.5. The lowest BCUT2D eigenvalue weighted by Gasteiger charge is -2.26. The van der Waals surface area contributed by atoms with Gasteiger partial charge in [-0.1, -0.05) is 38.1 Å². The normalized spacial score (nSPS) is 16.5. The molecule has 0 bridgehead atoms. The summed E-state index contributed by atoms with van der Waals surface area (Å²) in [6.07, 6.45) is 0.546. The van der Waals surface area contributed by atoms with E-state index < -0.39 is 17.7 Å². The molecule has 1 amide bonds. The van der Waals surface area contributed by atoms with Crippen molar-refractivity contribution in [3.05, 3.63) is 94.6 Å². The standard InChI is InChI=1S/C33H38N2O5/c1-7-40-28-17-12-24(20-27(28)21(2)3)31(36)29-30(23-10-13-25(14-11-23)34(4)5)35(33(38)32(29)37)19-18-22-8-15-26(39-6)16-9-22/h8-17,20-21,30,36H,7,18-19H2,1-6H3/b31-29-. The smallest absolute Gasteiger partial charge is 0.295 e. The van der Waals surface area contributed by atoms with Gasteiger partial charge in [-0.25, -0.2) is 0 Å². The van der Waals surface area contributed by atoms with Gasteiger partial charge in [0.15, 0.2) is 0 Å². The van der Waals surface area contributed by atoms with E-state index in [9.17, 15) is 14.7 Å². The number of aliphatic hydroxyl groups is 1. The van der Waals surface area contributed by atoms with Gasteiger partial charge in [0, 0.05) is 31.9 Å². The van der Waals surface area contributed by atoms with E-state index >= 15 is 0 Å². The van der Waals surface area contributed by atoms with Gasteiger partial charge >= 0.3 is 0 Å². The lowest BCUT2D eigenvalue weighted by molar-refractivity contribution is -0.139. The number of hydrogen-bond acceptors (Lipinski definition) is 6. The number of benzene rings is 3. The zero-order valence-corrected chi connectivity index (χ0v) is 24.1. The number of carbonyl (C=O) groups excluding carboxylic acids is 2. The molecule has 1 saturated heterocycles. The number of ketones is 1. The first-order chi connectivity index (χ1) is 19.2. The molecule has 3 aromatic rings. The van der Waals surface area contributed by atoms with E-state index in [1.54, 1.807) is 18.1 Å². The van der Waals surface area contributed by atoms with Gasteiger partial charge in [0.2, 0.25) is 0 Å². The first kappa shape index (κ1) is 28.7. The van der Waals surface area contributed by atoms with Gasteiger partial charge in [-0.15, -0.1) is 0 Å². The first-order valence-corrected chi connectivity index (χ1v) is 13.6. The van der Waals surface area contributed by atoms with E-state index in [4.69, 9.17) is 9.47 Å². The van der Waals surface area contributed by atoms with Crippen LogP contribution in [0.15, 0.2) is 72.3 Å². The minimum absolute atomic E-state index is 0.0937. The van der Waals surface area contributed by atoms with Crippen molar-refractivity contribution in [3.63, 3.8) is 0 Å². The van der Waals surface area contributed by atoms with E-state index in [1.807, 2.05) is 100 Å². The second-order valence-corrected chi connectivity index (χ2v) is 10.4. The number of amides is 1. The van der Waals surface area contributed by atoms with Crippen molar-refractivity contribution in [3.8, 4) is 11.5 Å². The van der Waals surface area contributed by atoms with Crippen molar-refractivity contribution in [2.45, 2.75) is 39.2 Å². The molecule has 0 aliphatic carbocycles.